The molecule has 0 aliphatic heterocycles. The van der Waals surface area contributed by atoms with Gasteiger partial charge in [0.1, 0.15) is 0 Å². The summed E-state index contributed by atoms with van der Waals surface area (Å²) >= 11 is 3.22. The van der Waals surface area contributed by atoms with Gasteiger partial charge in [-0.3, -0.25) is 4.40 Å². The molecule has 0 N–H and O–H groups in total. The van der Waals surface area contributed by atoms with E-state index in [1.54, 1.807) is 26.0 Å². The molecule has 0 amide bonds. The Morgan fingerprint density at radius 3 is 2.78 bits per heavy atom. The molecule has 0 saturated heterocycles. The van der Waals surface area contributed by atoms with Crippen molar-refractivity contribution in [1.29, 1.82) is 0 Å². The smallest absolute Gasteiger partial charge is 0.314 e. The van der Waals surface area contributed by atoms with Crippen molar-refractivity contribution in [3.05, 3.63) is 28.6 Å². The van der Waals surface area contributed by atoms with Gasteiger partial charge in [0.15, 0.2) is 5.65 Å². The van der Waals surface area contributed by atoms with E-state index in [1.807, 2.05) is 0 Å². The summed E-state index contributed by atoms with van der Waals surface area (Å²) in [5.74, 6) is -0.499. The topological polar surface area (TPSA) is 39.4 Å². The largest absolute Gasteiger partial charge is 0.418 e. The van der Waals surface area contributed by atoms with Crippen molar-refractivity contribution in [3.8, 4) is 0 Å². The number of fused-ring (bicyclic) bond motifs is 1. The summed E-state index contributed by atoms with van der Waals surface area (Å²) in [6.45, 7) is 3.55. The molecule has 98 valence electrons. The van der Waals surface area contributed by atoms with E-state index >= 15 is 0 Å². The van der Waals surface area contributed by atoms with Crippen LogP contribution in [0.1, 0.15) is 19.7 Å². The lowest BCUT2D eigenvalue weighted by atomic mass is 10.2. The van der Waals surface area contributed by atoms with Gasteiger partial charge in [0.05, 0.1) is 6.61 Å². The van der Waals surface area contributed by atoms with Crippen LogP contribution in [0.15, 0.2) is 22.8 Å². The highest BCUT2D eigenvalue weighted by Crippen LogP contribution is 2.29. The summed E-state index contributed by atoms with van der Waals surface area (Å²) in [7, 11) is 0. The van der Waals surface area contributed by atoms with Crippen molar-refractivity contribution in [2.75, 3.05) is 6.61 Å². The lowest BCUT2D eigenvalue weighted by Crippen LogP contribution is -2.23. The Bertz CT molecular complexity index is 556. The van der Waals surface area contributed by atoms with Crippen LogP contribution in [-0.2, 0) is 10.8 Å². The lowest BCUT2D eigenvalue weighted by Gasteiger charge is -2.16. The highest BCUT2D eigenvalue weighted by atomic mass is 79.9. The highest BCUT2D eigenvalue weighted by Gasteiger charge is 2.38. The van der Waals surface area contributed by atoms with E-state index in [2.05, 4.69) is 30.9 Å². The number of hydrogen-bond donors (Lipinski definition) is 0. The molecule has 2 heterocycles. The lowest BCUT2D eigenvalue weighted by molar-refractivity contribution is -0.258. The summed E-state index contributed by atoms with van der Waals surface area (Å²) < 4.78 is 34.2. The molecule has 0 radical (unpaired) electrons. The van der Waals surface area contributed by atoms with Crippen LogP contribution < -0.4 is 0 Å². The summed E-state index contributed by atoms with van der Waals surface area (Å²) in [6.07, 6.45) is -1.97. The zero-order chi connectivity index (χ0) is 13.3. The molecule has 0 saturated carbocycles. The number of ether oxygens (including phenoxy) is 1. The van der Waals surface area contributed by atoms with Crippen molar-refractivity contribution in [2.45, 2.75) is 20.0 Å². The first-order valence-corrected chi connectivity index (χ1v) is 6.22. The molecular weight excluding hydrogens is 308 g/mol. The number of aromatic nitrogens is 3. The molecule has 0 bridgehead atoms. The molecule has 7 heteroatoms. The van der Waals surface area contributed by atoms with Crippen molar-refractivity contribution in [1.82, 2.24) is 14.6 Å². The van der Waals surface area contributed by atoms with Crippen LogP contribution in [0.5, 0.6) is 0 Å². The van der Waals surface area contributed by atoms with Crippen LogP contribution in [0.3, 0.4) is 0 Å². The third-order valence-corrected chi connectivity index (χ3v) is 2.69. The van der Waals surface area contributed by atoms with Gasteiger partial charge in [0, 0.05) is 10.7 Å². The minimum atomic E-state index is -3.45. The molecule has 0 aromatic carbocycles. The molecule has 0 unspecified atom stereocenters. The van der Waals surface area contributed by atoms with Crippen molar-refractivity contribution < 1.29 is 13.5 Å². The molecule has 2 aromatic heterocycles. The molecule has 0 spiro atoms. The van der Waals surface area contributed by atoms with Crippen LogP contribution in [0, 0.1) is 5.92 Å². The van der Waals surface area contributed by atoms with Crippen LogP contribution in [0.25, 0.3) is 5.65 Å². The number of pyridine rings is 1. The summed E-state index contributed by atoms with van der Waals surface area (Å²) in [5, 5.41) is 7.19. The second-order valence-corrected chi connectivity index (χ2v) is 5.24. The molecule has 0 aliphatic carbocycles. The van der Waals surface area contributed by atoms with Crippen molar-refractivity contribution >= 4 is 21.6 Å². The average molecular weight is 320 g/mol. The number of alkyl halides is 2. The Kier molecular flexibility index (Phi) is 3.63. The summed E-state index contributed by atoms with van der Waals surface area (Å²) in [5.41, 5.74) is 0.348. The van der Waals surface area contributed by atoms with Gasteiger partial charge >= 0.3 is 6.11 Å². The average Bonchev–Trinajstić information content (AvgIpc) is 2.70. The predicted molar refractivity (Wildman–Crippen MR) is 65.4 cm³/mol. The minimum Gasteiger partial charge on any atom is -0.314 e. The van der Waals surface area contributed by atoms with Gasteiger partial charge in [-0.1, -0.05) is 13.8 Å². The van der Waals surface area contributed by atoms with Crippen LogP contribution in [0.4, 0.5) is 8.78 Å². The predicted octanol–water partition coefficient (Wildman–Crippen LogP) is 3.21. The molecule has 0 atom stereocenters. The van der Waals surface area contributed by atoms with Crippen LogP contribution in [0.2, 0.25) is 0 Å². The van der Waals surface area contributed by atoms with Gasteiger partial charge in [-0.15, -0.1) is 10.2 Å². The standard InChI is InChI=1S/C11H12BrF2N3O/c1-7(2)6-18-11(13,14)10-16-15-9-4-3-8(12)5-17(9)10/h3-5,7H,6H2,1-2H3. The SMILES string of the molecule is CC(C)COC(F)(F)c1nnc2ccc(Br)cn12. The summed E-state index contributed by atoms with van der Waals surface area (Å²) in [4.78, 5) is 0. The number of halogens is 3. The third kappa shape index (κ3) is 2.67. The zero-order valence-corrected chi connectivity index (χ0v) is 11.5. The second kappa shape index (κ2) is 4.89. The molecule has 2 aromatic rings. The van der Waals surface area contributed by atoms with E-state index in [9.17, 15) is 8.78 Å². The maximum Gasteiger partial charge on any atom is 0.418 e. The highest BCUT2D eigenvalue weighted by molar-refractivity contribution is 9.10. The first kappa shape index (κ1) is 13.4. The Morgan fingerprint density at radius 1 is 1.39 bits per heavy atom. The molecular formula is C11H12BrF2N3O. The fourth-order valence-corrected chi connectivity index (χ4v) is 1.74. The molecule has 0 fully saturated rings. The maximum atomic E-state index is 13.9. The van der Waals surface area contributed by atoms with Gasteiger partial charge in [-0.2, -0.15) is 8.78 Å². The number of rotatable bonds is 4. The zero-order valence-electron chi connectivity index (χ0n) is 9.90. The van der Waals surface area contributed by atoms with E-state index < -0.39 is 11.9 Å². The van der Waals surface area contributed by atoms with E-state index in [4.69, 9.17) is 0 Å². The minimum absolute atomic E-state index is 0.0156. The fourth-order valence-electron chi connectivity index (χ4n) is 1.40. The molecule has 4 nitrogen and oxygen atoms in total. The first-order chi connectivity index (χ1) is 8.40. The molecule has 2 rings (SSSR count). The molecule has 0 aliphatic rings. The second-order valence-electron chi connectivity index (χ2n) is 4.32. The Labute approximate surface area is 111 Å². The maximum absolute atomic E-state index is 13.9. The van der Waals surface area contributed by atoms with Gasteiger partial charge < -0.3 is 4.74 Å². The van der Waals surface area contributed by atoms with Crippen molar-refractivity contribution in [2.24, 2.45) is 5.92 Å². The van der Waals surface area contributed by atoms with Gasteiger partial charge in [-0.05, 0) is 34.0 Å². The Hall–Kier alpha value is -1.08. The quantitative estimate of drug-likeness (QED) is 0.868. The Balaban J connectivity index is 2.37. The monoisotopic (exact) mass is 319 g/mol. The van der Waals surface area contributed by atoms with Crippen molar-refractivity contribution in [3.63, 3.8) is 0 Å². The fraction of sp³-hybridized carbons (Fsp3) is 0.455. The number of hydrogen-bond acceptors (Lipinski definition) is 3. The van der Waals surface area contributed by atoms with Crippen LogP contribution >= 0.6 is 15.9 Å². The van der Waals surface area contributed by atoms with Gasteiger partial charge in [0.25, 0.3) is 0 Å². The number of nitrogens with zero attached hydrogens (tertiary/aromatic N) is 3. The normalized spacial score (nSPS) is 12.6. The van der Waals surface area contributed by atoms with E-state index in [0.717, 1.165) is 0 Å². The van der Waals surface area contributed by atoms with E-state index in [1.165, 1.54) is 10.6 Å². The van der Waals surface area contributed by atoms with E-state index in [0.29, 0.717) is 10.1 Å². The summed E-state index contributed by atoms with van der Waals surface area (Å²) in [6, 6.07) is 3.31. The van der Waals surface area contributed by atoms with Gasteiger partial charge in [-0.25, -0.2) is 0 Å². The first-order valence-electron chi connectivity index (χ1n) is 5.42. The Morgan fingerprint density at radius 2 is 2.11 bits per heavy atom. The molecule has 18 heavy (non-hydrogen) atoms. The van der Waals surface area contributed by atoms with E-state index in [-0.39, 0.29) is 12.5 Å². The van der Waals surface area contributed by atoms with Crippen LogP contribution in [-0.4, -0.2) is 21.2 Å². The third-order valence-electron chi connectivity index (χ3n) is 2.22. The van der Waals surface area contributed by atoms with Gasteiger partial charge in [0.2, 0.25) is 5.82 Å².